The second-order valence-corrected chi connectivity index (χ2v) is 6.20. The Morgan fingerprint density at radius 3 is 2.88 bits per heavy atom. The number of nitrogens with one attached hydrogen (secondary N) is 3. The van der Waals surface area contributed by atoms with E-state index in [2.05, 4.69) is 55.5 Å². The fourth-order valence-corrected chi connectivity index (χ4v) is 3.29. The van der Waals surface area contributed by atoms with Gasteiger partial charge >= 0.3 is 0 Å². The molecule has 2 aromatic heterocycles. The van der Waals surface area contributed by atoms with Crippen LogP contribution in [-0.2, 0) is 7.05 Å². The number of aryl methyl sites for hydroxylation is 2. The summed E-state index contributed by atoms with van der Waals surface area (Å²) in [5.74, 6) is 0.843. The molecule has 0 radical (unpaired) electrons. The van der Waals surface area contributed by atoms with Crippen molar-refractivity contribution in [3.05, 3.63) is 47.9 Å². The van der Waals surface area contributed by atoms with Gasteiger partial charge in [-0.1, -0.05) is 30.3 Å². The van der Waals surface area contributed by atoms with Gasteiger partial charge in [0.25, 0.3) is 0 Å². The van der Waals surface area contributed by atoms with E-state index >= 15 is 0 Å². The predicted molar refractivity (Wildman–Crippen MR) is 93.4 cm³/mol. The molecule has 0 saturated carbocycles. The number of rotatable bonds is 4. The van der Waals surface area contributed by atoms with Crippen LogP contribution in [0.25, 0.3) is 11.0 Å². The highest BCUT2D eigenvalue weighted by Gasteiger charge is 2.25. The molecule has 3 N–H and O–H groups in total. The van der Waals surface area contributed by atoms with E-state index in [1.54, 1.807) is 11.0 Å². The minimum Gasteiger partial charge on any atom is -0.368 e. The molecule has 3 heterocycles. The van der Waals surface area contributed by atoms with Crippen LogP contribution in [0.5, 0.6) is 0 Å². The van der Waals surface area contributed by atoms with Crippen molar-refractivity contribution in [1.82, 2.24) is 30.6 Å². The summed E-state index contributed by atoms with van der Waals surface area (Å²) in [5, 5.41) is 8.87. The maximum Gasteiger partial charge on any atom is 0.163 e. The highest BCUT2D eigenvalue weighted by atomic mass is 15.4. The SMILES string of the molecule is Cc1nn(C)c2ncnc(NCC3CC(c4ccccc4)NN3)c12. The fourth-order valence-electron chi connectivity index (χ4n) is 3.29. The minimum absolute atomic E-state index is 0.331. The number of fused-ring (bicyclic) bond motifs is 1. The highest BCUT2D eigenvalue weighted by Crippen LogP contribution is 2.24. The Bertz CT molecular complexity index is 843. The molecular weight excluding hydrogens is 302 g/mol. The van der Waals surface area contributed by atoms with Crippen molar-refractivity contribution in [2.45, 2.75) is 25.4 Å². The third-order valence-corrected chi connectivity index (χ3v) is 4.50. The van der Waals surface area contributed by atoms with Crippen LogP contribution in [0.1, 0.15) is 23.7 Å². The van der Waals surface area contributed by atoms with Gasteiger partial charge in [0.05, 0.1) is 11.1 Å². The fraction of sp³-hybridized carbons (Fsp3) is 0.353. The summed E-state index contributed by atoms with van der Waals surface area (Å²) in [7, 11) is 1.90. The zero-order valence-electron chi connectivity index (χ0n) is 13.8. The Balaban J connectivity index is 1.45. The lowest BCUT2D eigenvalue weighted by atomic mass is 10.0. The molecule has 1 aliphatic heterocycles. The van der Waals surface area contributed by atoms with Gasteiger partial charge in [-0.3, -0.25) is 10.1 Å². The van der Waals surface area contributed by atoms with E-state index in [4.69, 9.17) is 0 Å². The molecule has 7 nitrogen and oxygen atoms in total. The second-order valence-electron chi connectivity index (χ2n) is 6.20. The Morgan fingerprint density at radius 2 is 2.04 bits per heavy atom. The zero-order chi connectivity index (χ0) is 16.5. The van der Waals surface area contributed by atoms with E-state index in [1.807, 2.05) is 20.0 Å². The molecule has 7 heteroatoms. The van der Waals surface area contributed by atoms with Crippen molar-refractivity contribution in [1.29, 1.82) is 0 Å². The van der Waals surface area contributed by atoms with Crippen LogP contribution in [0.15, 0.2) is 36.7 Å². The first kappa shape index (κ1) is 15.0. The van der Waals surface area contributed by atoms with Gasteiger partial charge in [0.15, 0.2) is 5.65 Å². The Labute approximate surface area is 140 Å². The number of aromatic nitrogens is 4. The topological polar surface area (TPSA) is 79.7 Å². The molecule has 2 atom stereocenters. The predicted octanol–water partition coefficient (Wildman–Crippen LogP) is 1.69. The first-order valence-electron chi connectivity index (χ1n) is 8.16. The van der Waals surface area contributed by atoms with E-state index in [0.717, 1.165) is 35.5 Å². The summed E-state index contributed by atoms with van der Waals surface area (Å²) < 4.78 is 1.79. The van der Waals surface area contributed by atoms with Gasteiger partial charge in [0.1, 0.15) is 12.1 Å². The van der Waals surface area contributed by atoms with Crippen LogP contribution >= 0.6 is 0 Å². The molecule has 3 aromatic rings. The van der Waals surface area contributed by atoms with Gasteiger partial charge in [0, 0.05) is 25.7 Å². The first-order chi connectivity index (χ1) is 11.7. The van der Waals surface area contributed by atoms with Crippen LogP contribution in [0.4, 0.5) is 5.82 Å². The minimum atomic E-state index is 0.331. The Hall–Kier alpha value is -2.51. The molecule has 0 aliphatic carbocycles. The molecule has 1 fully saturated rings. The average Bonchev–Trinajstić information content (AvgIpc) is 3.19. The molecule has 4 rings (SSSR count). The third kappa shape index (κ3) is 2.72. The maximum absolute atomic E-state index is 4.43. The standard InChI is InChI=1S/C17H21N7/c1-11-15-16(19-10-20-17(15)24(2)23-11)18-9-13-8-14(22-21-13)12-6-4-3-5-7-12/h3-7,10,13-14,21-22H,8-9H2,1-2H3,(H,18,19,20). The molecule has 1 aromatic carbocycles. The van der Waals surface area contributed by atoms with E-state index in [-0.39, 0.29) is 0 Å². The summed E-state index contributed by atoms with van der Waals surface area (Å²) in [5.41, 5.74) is 9.84. The molecule has 1 aliphatic rings. The van der Waals surface area contributed by atoms with Gasteiger partial charge in [-0.2, -0.15) is 5.10 Å². The summed E-state index contributed by atoms with van der Waals surface area (Å²) in [6.07, 6.45) is 2.61. The number of benzene rings is 1. The molecule has 124 valence electrons. The summed E-state index contributed by atoms with van der Waals surface area (Å²) in [6.45, 7) is 2.77. The quantitative estimate of drug-likeness (QED) is 0.678. The number of anilines is 1. The van der Waals surface area contributed by atoms with E-state index in [0.29, 0.717) is 12.1 Å². The van der Waals surface area contributed by atoms with Crippen LogP contribution in [0, 0.1) is 6.92 Å². The number of hydrazine groups is 1. The molecule has 24 heavy (non-hydrogen) atoms. The smallest absolute Gasteiger partial charge is 0.163 e. The number of nitrogens with zero attached hydrogens (tertiary/aromatic N) is 4. The lowest BCUT2D eigenvalue weighted by molar-refractivity contribution is 0.552. The summed E-state index contributed by atoms with van der Waals surface area (Å²) in [6, 6.07) is 11.2. The largest absolute Gasteiger partial charge is 0.368 e. The van der Waals surface area contributed by atoms with E-state index in [1.165, 1.54) is 5.56 Å². The van der Waals surface area contributed by atoms with E-state index in [9.17, 15) is 0 Å². The normalized spacial score (nSPS) is 20.6. The number of hydrogen-bond donors (Lipinski definition) is 3. The molecule has 0 spiro atoms. The molecule has 1 saturated heterocycles. The van der Waals surface area contributed by atoms with Crippen molar-refractivity contribution >= 4 is 16.9 Å². The monoisotopic (exact) mass is 323 g/mol. The van der Waals surface area contributed by atoms with Crippen molar-refractivity contribution in [3.8, 4) is 0 Å². The van der Waals surface area contributed by atoms with Crippen LogP contribution in [-0.4, -0.2) is 32.3 Å². The third-order valence-electron chi connectivity index (χ3n) is 4.50. The van der Waals surface area contributed by atoms with E-state index < -0.39 is 0 Å². The highest BCUT2D eigenvalue weighted by molar-refractivity contribution is 5.89. The van der Waals surface area contributed by atoms with Gasteiger partial charge < -0.3 is 5.32 Å². The lowest BCUT2D eigenvalue weighted by Gasteiger charge is -2.12. The first-order valence-corrected chi connectivity index (χ1v) is 8.16. The van der Waals surface area contributed by atoms with Crippen molar-refractivity contribution in [2.24, 2.45) is 7.05 Å². The lowest BCUT2D eigenvalue weighted by Crippen LogP contribution is -2.35. The average molecular weight is 323 g/mol. The molecule has 0 amide bonds. The van der Waals surface area contributed by atoms with Crippen LogP contribution in [0.2, 0.25) is 0 Å². The van der Waals surface area contributed by atoms with Crippen LogP contribution in [0.3, 0.4) is 0 Å². The number of hydrogen-bond acceptors (Lipinski definition) is 6. The molecule has 2 unspecified atom stereocenters. The van der Waals surface area contributed by atoms with Crippen LogP contribution < -0.4 is 16.2 Å². The Morgan fingerprint density at radius 1 is 1.21 bits per heavy atom. The van der Waals surface area contributed by atoms with Crippen molar-refractivity contribution in [2.75, 3.05) is 11.9 Å². The van der Waals surface area contributed by atoms with Gasteiger partial charge in [0.2, 0.25) is 0 Å². The van der Waals surface area contributed by atoms with Gasteiger partial charge in [-0.05, 0) is 18.9 Å². The molecular formula is C17H21N7. The van der Waals surface area contributed by atoms with Gasteiger partial charge in [-0.15, -0.1) is 0 Å². The zero-order valence-corrected chi connectivity index (χ0v) is 13.8. The Kier molecular flexibility index (Phi) is 3.87. The van der Waals surface area contributed by atoms with Crippen molar-refractivity contribution < 1.29 is 0 Å². The molecule has 0 bridgehead atoms. The maximum atomic E-state index is 4.43. The summed E-state index contributed by atoms with van der Waals surface area (Å²) >= 11 is 0. The second kappa shape index (κ2) is 6.18. The summed E-state index contributed by atoms with van der Waals surface area (Å²) in [4.78, 5) is 8.71. The van der Waals surface area contributed by atoms with Gasteiger partial charge in [-0.25, -0.2) is 15.4 Å². The van der Waals surface area contributed by atoms with Crippen molar-refractivity contribution in [3.63, 3.8) is 0 Å².